The number of nitrogens with one attached hydrogen (secondary N) is 1. The third-order valence-electron chi connectivity index (χ3n) is 2.96. The molecule has 1 aromatic rings. The van der Waals surface area contributed by atoms with Crippen LogP contribution in [0.2, 0.25) is 0 Å². The van der Waals surface area contributed by atoms with Gasteiger partial charge in [0.2, 0.25) is 5.91 Å². The summed E-state index contributed by atoms with van der Waals surface area (Å²) in [5.41, 5.74) is 7.53. The quantitative estimate of drug-likeness (QED) is 0.612. The Morgan fingerprint density at radius 2 is 2.05 bits per heavy atom. The van der Waals surface area contributed by atoms with E-state index in [1.54, 1.807) is 18.2 Å². The summed E-state index contributed by atoms with van der Waals surface area (Å²) in [7, 11) is 1.33. The van der Waals surface area contributed by atoms with Gasteiger partial charge in [0.15, 0.2) is 0 Å². The molecule has 116 valence electrons. The van der Waals surface area contributed by atoms with Gasteiger partial charge >= 0.3 is 5.97 Å². The van der Waals surface area contributed by atoms with Gasteiger partial charge in [-0.25, -0.2) is 4.79 Å². The minimum absolute atomic E-state index is 0.0787. The van der Waals surface area contributed by atoms with E-state index in [0.29, 0.717) is 23.5 Å². The lowest BCUT2D eigenvalue weighted by atomic mass is 10.1. The molecule has 0 radical (unpaired) electrons. The Morgan fingerprint density at radius 1 is 1.38 bits per heavy atom. The fraction of sp³-hybridized carbons (Fsp3) is 0.467. The molecule has 0 spiro atoms. The maximum absolute atomic E-state index is 11.9. The number of likely N-dealkylation sites (N-methyl/N-ethyl adjacent to an activating group) is 1. The van der Waals surface area contributed by atoms with Crippen molar-refractivity contribution in [2.45, 2.75) is 26.8 Å². The Hall–Kier alpha value is -2.24. The van der Waals surface area contributed by atoms with Crippen LogP contribution in [0.3, 0.4) is 0 Å². The summed E-state index contributed by atoms with van der Waals surface area (Å²) < 4.78 is 4.70. The lowest BCUT2D eigenvalue weighted by molar-refractivity contribution is -0.120. The number of benzene rings is 1. The van der Waals surface area contributed by atoms with Crippen LogP contribution in [0, 0.1) is 0 Å². The highest BCUT2D eigenvalue weighted by Crippen LogP contribution is 2.24. The van der Waals surface area contributed by atoms with Gasteiger partial charge in [-0.05, 0) is 39.0 Å². The highest BCUT2D eigenvalue weighted by molar-refractivity contribution is 5.92. The van der Waals surface area contributed by atoms with Crippen molar-refractivity contribution in [2.75, 3.05) is 30.8 Å². The van der Waals surface area contributed by atoms with Gasteiger partial charge in [-0.3, -0.25) is 4.79 Å². The van der Waals surface area contributed by atoms with Crippen LogP contribution < -0.4 is 16.0 Å². The zero-order chi connectivity index (χ0) is 16.0. The molecule has 1 rings (SSSR count). The van der Waals surface area contributed by atoms with E-state index < -0.39 is 5.97 Å². The molecule has 0 saturated heterocycles. The number of methoxy groups -OCH3 is 1. The van der Waals surface area contributed by atoms with Gasteiger partial charge in [-0.1, -0.05) is 0 Å². The standard InChI is InChI=1S/C15H23N3O3/c1-5-18(9-14(19)17-10(2)3)13-8-11(15(20)21-4)6-7-12(13)16/h6-8,10H,5,9,16H2,1-4H3,(H,17,19). The fourth-order valence-corrected chi connectivity index (χ4v) is 1.97. The highest BCUT2D eigenvalue weighted by atomic mass is 16.5. The van der Waals surface area contributed by atoms with Crippen molar-refractivity contribution in [2.24, 2.45) is 0 Å². The van der Waals surface area contributed by atoms with Crippen molar-refractivity contribution in [1.82, 2.24) is 5.32 Å². The van der Waals surface area contributed by atoms with E-state index in [1.165, 1.54) is 7.11 Å². The van der Waals surface area contributed by atoms with E-state index in [0.717, 1.165) is 0 Å². The molecule has 6 heteroatoms. The summed E-state index contributed by atoms with van der Waals surface area (Å²) in [6.45, 7) is 6.51. The smallest absolute Gasteiger partial charge is 0.337 e. The van der Waals surface area contributed by atoms with E-state index in [4.69, 9.17) is 10.5 Å². The Bertz CT molecular complexity index is 515. The fourth-order valence-electron chi connectivity index (χ4n) is 1.97. The van der Waals surface area contributed by atoms with Crippen molar-refractivity contribution in [3.05, 3.63) is 23.8 Å². The van der Waals surface area contributed by atoms with Crippen LogP contribution >= 0.6 is 0 Å². The van der Waals surface area contributed by atoms with Crippen LogP contribution in [0.1, 0.15) is 31.1 Å². The first-order valence-electron chi connectivity index (χ1n) is 6.91. The number of esters is 1. The average molecular weight is 293 g/mol. The summed E-state index contributed by atoms with van der Waals surface area (Å²) in [5, 5.41) is 2.83. The average Bonchev–Trinajstić information content (AvgIpc) is 2.44. The summed E-state index contributed by atoms with van der Waals surface area (Å²) in [6.07, 6.45) is 0. The second-order valence-electron chi connectivity index (χ2n) is 5.00. The highest BCUT2D eigenvalue weighted by Gasteiger charge is 2.16. The number of nitrogens with two attached hydrogens (primary N) is 1. The molecule has 0 fully saturated rings. The summed E-state index contributed by atoms with van der Waals surface area (Å²) in [6, 6.07) is 4.97. The number of nitrogens with zero attached hydrogens (tertiary/aromatic N) is 1. The molecule has 1 aromatic carbocycles. The number of carbonyl (C=O) groups is 2. The minimum Gasteiger partial charge on any atom is -0.465 e. The third-order valence-corrected chi connectivity index (χ3v) is 2.96. The maximum atomic E-state index is 11.9. The Kier molecular flexibility index (Phi) is 6.02. The van der Waals surface area contributed by atoms with Crippen molar-refractivity contribution >= 4 is 23.3 Å². The lowest BCUT2D eigenvalue weighted by Gasteiger charge is -2.25. The van der Waals surface area contributed by atoms with Crippen molar-refractivity contribution in [3.8, 4) is 0 Å². The molecule has 1 amide bonds. The predicted molar refractivity (Wildman–Crippen MR) is 83.4 cm³/mol. The van der Waals surface area contributed by atoms with Gasteiger partial charge in [0.1, 0.15) is 0 Å². The first kappa shape index (κ1) is 16.8. The first-order valence-corrected chi connectivity index (χ1v) is 6.91. The van der Waals surface area contributed by atoms with Crippen LogP contribution in [0.5, 0.6) is 0 Å². The monoisotopic (exact) mass is 293 g/mol. The summed E-state index contributed by atoms with van der Waals surface area (Å²) >= 11 is 0. The van der Waals surface area contributed by atoms with E-state index in [-0.39, 0.29) is 18.5 Å². The molecule has 0 atom stereocenters. The molecule has 0 bridgehead atoms. The van der Waals surface area contributed by atoms with E-state index >= 15 is 0 Å². The van der Waals surface area contributed by atoms with Crippen molar-refractivity contribution in [1.29, 1.82) is 0 Å². The molecule has 0 aliphatic rings. The summed E-state index contributed by atoms with van der Waals surface area (Å²) in [5.74, 6) is -0.520. The molecule has 0 heterocycles. The van der Waals surface area contributed by atoms with E-state index in [9.17, 15) is 9.59 Å². The lowest BCUT2D eigenvalue weighted by Crippen LogP contribution is -2.40. The number of ether oxygens (including phenoxy) is 1. The third kappa shape index (κ3) is 4.66. The van der Waals surface area contributed by atoms with Crippen LogP contribution in [0.4, 0.5) is 11.4 Å². The molecule has 0 aromatic heterocycles. The van der Waals surface area contributed by atoms with Gasteiger partial charge in [-0.15, -0.1) is 0 Å². The molecular formula is C15H23N3O3. The molecule has 0 aliphatic heterocycles. The maximum Gasteiger partial charge on any atom is 0.337 e. The molecular weight excluding hydrogens is 270 g/mol. The largest absolute Gasteiger partial charge is 0.465 e. The predicted octanol–water partition coefficient (Wildman–Crippen LogP) is 1.41. The number of hydrogen-bond donors (Lipinski definition) is 2. The number of anilines is 2. The Balaban J connectivity index is 2.99. The molecule has 3 N–H and O–H groups in total. The van der Waals surface area contributed by atoms with E-state index in [2.05, 4.69) is 5.32 Å². The van der Waals surface area contributed by atoms with Gasteiger partial charge in [0, 0.05) is 12.6 Å². The van der Waals surface area contributed by atoms with Gasteiger partial charge in [0.05, 0.1) is 30.6 Å². The molecule has 0 aliphatic carbocycles. The van der Waals surface area contributed by atoms with Crippen LogP contribution in [0.25, 0.3) is 0 Å². The van der Waals surface area contributed by atoms with Crippen LogP contribution in [-0.4, -0.2) is 38.1 Å². The zero-order valence-electron chi connectivity index (χ0n) is 13.0. The number of nitrogen functional groups attached to an aromatic ring is 1. The Labute approximate surface area is 125 Å². The second kappa shape index (κ2) is 7.52. The Morgan fingerprint density at radius 3 is 2.57 bits per heavy atom. The zero-order valence-corrected chi connectivity index (χ0v) is 13.0. The number of carbonyl (C=O) groups excluding carboxylic acids is 2. The van der Waals surface area contributed by atoms with Crippen LogP contribution in [0.15, 0.2) is 18.2 Å². The van der Waals surface area contributed by atoms with Gasteiger partial charge < -0.3 is 20.7 Å². The SMILES string of the molecule is CCN(CC(=O)NC(C)C)c1cc(C(=O)OC)ccc1N. The normalized spacial score (nSPS) is 10.3. The molecule has 0 saturated carbocycles. The topological polar surface area (TPSA) is 84.7 Å². The van der Waals surface area contributed by atoms with Gasteiger partial charge in [-0.2, -0.15) is 0 Å². The van der Waals surface area contributed by atoms with Crippen LogP contribution in [-0.2, 0) is 9.53 Å². The van der Waals surface area contributed by atoms with E-state index in [1.807, 2.05) is 25.7 Å². The molecule has 0 unspecified atom stereocenters. The van der Waals surface area contributed by atoms with Crippen molar-refractivity contribution < 1.29 is 14.3 Å². The minimum atomic E-state index is -0.432. The van der Waals surface area contributed by atoms with Crippen molar-refractivity contribution in [3.63, 3.8) is 0 Å². The number of hydrogen-bond acceptors (Lipinski definition) is 5. The molecule has 6 nitrogen and oxygen atoms in total. The summed E-state index contributed by atoms with van der Waals surface area (Å²) in [4.78, 5) is 25.3. The molecule has 21 heavy (non-hydrogen) atoms. The second-order valence-corrected chi connectivity index (χ2v) is 5.00. The number of rotatable bonds is 6. The number of amides is 1. The van der Waals surface area contributed by atoms with Gasteiger partial charge in [0.25, 0.3) is 0 Å². The first-order chi connectivity index (χ1) is 9.88.